The first-order valence-electron chi connectivity index (χ1n) is 8.04. The van der Waals surface area contributed by atoms with Gasteiger partial charge in [-0.25, -0.2) is 9.37 Å². The summed E-state index contributed by atoms with van der Waals surface area (Å²) in [7, 11) is 1.80. The van der Waals surface area contributed by atoms with Crippen LogP contribution < -0.4 is 0 Å². The molecule has 0 aliphatic carbocycles. The Bertz CT molecular complexity index is 701. The number of likely N-dealkylation sites (N-methyl/N-ethyl adjacent to an activating group) is 1. The molecule has 7 heteroatoms. The first-order valence-corrected chi connectivity index (χ1v) is 9.73. The van der Waals surface area contributed by atoms with Crippen molar-refractivity contribution in [1.29, 1.82) is 0 Å². The van der Waals surface area contributed by atoms with Gasteiger partial charge < -0.3 is 4.90 Å². The summed E-state index contributed by atoms with van der Waals surface area (Å²) in [6, 6.07) is 4.15. The van der Waals surface area contributed by atoms with Crippen molar-refractivity contribution in [3.8, 4) is 0 Å². The van der Waals surface area contributed by atoms with Crippen LogP contribution in [-0.4, -0.2) is 53.0 Å². The first-order chi connectivity index (χ1) is 11.4. The summed E-state index contributed by atoms with van der Waals surface area (Å²) in [5.74, 6) is -0.0171. The molecule has 0 radical (unpaired) electrons. The Hall–Kier alpha value is -1.31. The molecule has 0 unspecified atom stereocenters. The Morgan fingerprint density at radius 3 is 2.92 bits per heavy atom. The van der Waals surface area contributed by atoms with Crippen molar-refractivity contribution in [2.75, 3.05) is 20.1 Å². The third-order valence-electron chi connectivity index (χ3n) is 4.34. The van der Waals surface area contributed by atoms with Gasteiger partial charge in [-0.3, -0.25) is 9.69 Å². The summed E-state index contributed by atoms with van der Waals surface area (Å²) in [5, 5.41) is 2.94. The molecule has 0 saturated carbocycles. The molecule has 0 spiro atoms. The fourth-order valence-corrected chi connectivity index (χ4v) is 4.85. The molecule has 2 atom stereocenters. The lowest BCUT2D eigenvalue weighted by Gasteiger charge is -2.28. The standard InChI is InChI=1S/C17H22FN3OS2/c1-11-16(24-12(2)19-11)17(22)20(3)9-14-7-13(18)8-21(14)10-15-5-4-6-23-15/h4-6,13-14H,7-10H2,1-3H3/t13-,14-/m0/s1. The summed E-state index contributed by atoms with van der Waals surface area (Å²) >= 11 is 3.11. The maximum atomic E-state index is 13.9. The largest absolute Gasteiger partial charge is 0.339 e. The molecule has 1 amide bonds. The first kappa shape index (κ1) is 17.5. The molecule has 2 aromatic heterocycles. The second kappa shape index (κ2) is 7.29. The van der Waals surface area contributed by atoms with E-state index in [0.29, 0.717) is 24.4 Å². The van der Waals surface area contributed by atoms with Gasteiger partial charge in [-0.1, -0.05) is 6.07 Å². The predicted molar refractivity (Wildman–Crippen MR) is 96.6 cm³/mol. The lowest BCUT2D eigenvalue weighted by molar-refractivity contribution is 0.0754. The highest BCUT2D eigenvalue weighted by Crippen LogP contribution is 2.26. The average Bonchev–Trinajstić information content (AvgIpc) is 3.21. The number of thiazole rings is 1. The SMILES string of the molecule is Cc1nc(C)c(C(=O)N(C)C[C@@H]2C[C@H](F)CN2Cc2cccs2)s1. The zero-order valence-corrected chi connectivity index (χ0v) is 15.8. The minimum absolute atomic E-state index is 0.0171. The molecule has 3 rings (SSSR count). The number of halogens is 1. The van der Waals surface area contributed by atoms with Gasteiger partial charge in [0.05, 0.1) is 10.7 Å². The normalized spacial score (nSPS) is 21.3. The number of alkyl halides is 1. The Kier molecular flexibility index (Phi) is 5.32. The third-order valence-corrected chi connectivity index (χ3v) is 6.27. The van der Waals surface area contributed by atoms with Crippen molar-refractivity contribution in [1.82, 2.24) is 14.8 Å². The lowest BCUT2D eigenvalue weighted by Crippen LogP contribution is -2.40. The zero-order valence-electron chi connectivity index (χ0n) is 14.2. The van der Waals surface area contributed by atoms with Crippen LogP contribution in [0.25, 0.3) is 0 Å². The number of likely N-dealkylation sites (tertiary alicyclic amines) is 1. The summed E-state index contributed by atoms with van der Waals surface area (Å²) in [6.45, 7) is 5.51. The van der Waals surface area contributed by atoms with E-state index in [1.54, 1.807) is 23.3 Å². The van der Waals surface area contributed by atoms with Crippen molar-refractivity contribution >= 4 is 28.6 Å². The van der Waals surface area contributed by atoms with Crippen molar-refractivity contribution < 1.29 is 9.18 Å². The summed E-state index contributed by atoms with van der Waals surface area (Å²) in [5.41, 5.74) is 0.777. The number of nitrogens with zero attached hydrogens (tertiary/aromatic N) is 3. The van der Waals surface area contributed by atoms with E-state index >= 15 is 0 Å². The van der Waals surface area contributed by atoms with E-state index in [9.17, 15) is 9.18 Å². The lowest BCUT2D eigenvalue weighted by atomic mass is 10.2. The number of aromatic nitrogens is 1. The van der Waals surface area contributed by atoms with Gasteiger partial charge in [-0.05, 0) is 31.7 Å². The quantitative estimate of drug-likeness (QED) is 0.811. The second-order valence-corrected chi connectivity index (χ2v) is 8.56. The zero-order chi connectivity index (χ0) is 17.3. The Morgan fingerprint density at radius 2 is 2.29 bits per heavy atom. The molecule has 1 fully saturated rings. The minimum Gasteiger partial charge on any atom is -0.339 e. The van der Waals surface area contributed by atoms with Crippen LogP contribution in [-0.2, 0) is 6.54 Å². The average molecular weight is 368 g/mol. The van der Waals surface area contributed by atoms with E-state index in [1.165, 1.54) is 16.2 Å². The van der Waals surface area contributed by atoms with E-state index in [-0.39, 0.29) is 11.9 Å². The molecular weight excluding hydrogens is 345 g/mol. The molecular formula is C17H22FN3OS2. The molecule has 4 nitrogen and oxygen atoms in total. The molecule has 1 aliphatic heterocycles. The monoisotopic (exact) mass is 367 g/mol. The molecule has 0 bridgehead atoms. The van der Waals surface area contributed by atoms with Gasteiger partial charge in [-0.2, -0.15) is 0 Å². The minimum atomic E-state index is -0.814. The van der Waals surface area contributed by atoms with Gasteiger partial charge in [0.2, 0.25) is 0 Å². The van der Waals surface area contributed by atoms with Gasteiger partial charge in [0.1, 0.15) is 11.0 Å². The molecule has 0 N–H and O–H groups in total. The molecule has 1 saturated heterocycles. The van der Waals surface area contributed by atoms with Crippen LogP contribution in [0.3, 0.4) is 0 Å². The number of carbonyl (C=O) groups excluding carboxylic acids is 1. The number of hydrogen-bond donors (Lipinski definition) is 0. The van der Waals surface area contributed by atoms with Gasteiger partial charge in [0.15, 0.2) is 0 Å². The van der Waals surface area contributed by atoms with Crippen LogP contribution in [0.15, 0.2) is 17.5 Å². The van der Waals surface area contributed by atoms with Crippen LogP contribution in [0.4, 0.5) is 4.39 Å². The van der Waals surface area contributed by atoms with E-state index in [2.05, 4.69) is 16.0 Å². The Morgan fingerprint density at radius 1 is 1.50 bits per heavy atom. The molecule has 130 valence electrons. The molecule has 1 aliphatic rings. The summed E-state index contributed by atoms with van der Waals surface area (Å²) in [6.07, 6.45) is -0.324. The number of amides is 1. The van der Waals surface area contributed by atoms with Gasteiger partial charge in [-0.15, -0.1) is 22.7 Å². The highest BCUT2D eigenvalue weighted by atomic mass is 32.1. The summed E-state index contributed by atoms with van der Waals surface area (Å²) in [4.78, 5) is 22.8. The van der Waals surface area contributed by atoms with Crippen LogP contribution in [0.2, 0.25) is 0 Å². The molecule has 2 aromatic rings. The number of aryl methyl sites for hydroxylation is 2. The fourth-order valence-electron chi connectivity index (χ4n) is 3.21. The van der Waals surface area contributed by atoms with Crippen LogP contribution in [0.5, 0.6) is 0 Å². The number of carbonyl (C=O) groups is 1. The topological polar surface area (TPSA) is 36.4 Å². The van der Waals surface area contributed by atoms with Crippen molar-refractivity contribution in [2.45, 2.75) is 39.0 Å². The molecule has 0 aromatic carbocycles. The van der Waals surface area contributed by atoms with Gasteiger partial charge in [0.25, 0.3) is 5.91 Å². The number of thiophene rings is 1. The van der Waals surface area contributed by atoms with E-state index in [1.807, 2.05) is 25.3 Å². The van der Waals surface area contributed by atoms with E-state index < -0.39 is 6.17 Å². The van der Waals surface area contributed by atoms with Crippen LogP contribution >= 0.6 is 22.7 Å². The second-order valence-electron chi connectivity index (χ2n) is 6.33. The van der Waals surface area contributed by atoms with Crippen molar-refractivity contribution in [3.05, 3.63) is 38.0 Å². The van der Waals surface area contributed by atoms with Gasteiger partial charge >= 0.3 is 0 Å². The number of hydrogen-bond acceptors (Lipinski definition) is 5. The Balaban J connectivity index is 1.66. The Labute approximate surface area is 149 Å². The van der Waals surface area contributed by atoms with Crippen LogP contribution in [0, 0.1) is 13.8 Å². The van der Waals surface area contributed by atoms with Gasteiger partial charge in [0, 0.05) is 37.6 Å². The van der Waals surface area contributed by atoms with Crippen molar-refractivity contribution in [3.63, 3.8) is 0 Å². The maximum Gasteiger partial charge on any atom is 0.265 e. The number of rotatable bonds is 5. The maximum absolute atomic E-state index is 13.9. The van der Waals surface area contributed by atoms with E-state index in [4.69, 9.17) is 0 Å². The highest BCUT2D eigenvalue weighted by Gasteiger charge is 2.34. The molecule has 3 heterocycles. The predicted octanol–water partition coefficient (Wildman–Crippen LogP) is 3.51. The van der Waals surface area contributed by atoms with Crippen molar-refractivity contribution in [2.24, 2.45) is 0 Å². The molecule has 24 heavy (non-hydrogen) atoms. The smallest absolute Gasteiger partial charge is 0.265 e. The highest BCUT2D eigenvalue weighted by molar-refractivity contribution is 7.13. The third kappa shape index (κ3) is 3.84. The van der Waals surface area contributed by atoms with E-state index in [0.717, 1.165) is 17.2 Å². The van der Waals surface area contributed by atoms with Crippen LogP contribution in [0.1, 0.15) is 31.7 Å². The fraction of sp³-hybridized carbons (Fsp3) is 0.529. The summed E-state index contributed by atoms with van der Waals surface area (Å²) < 4.78 is 13.9.